The molecule has 0 spiro atoms. The molecule has 2 rings (SSSR count). The van der Waals surface area contributed by atoms with Gasteiger partial charge in [0.25, 0.3) is 5.91 Å². The van der Waals surface area contributed by atoms with Crippen LogP contribution in [0.3, 0.4) is 0 Å². The highest BCUT2D eigenvalue weighted by Crippen LogP contribution is 2.14. The molecular weight excluding hydrogens is 230 g/mol. The van der Waals surface area contributed by atoms with Gasteiger partial charge < -0.3 is 11.5 Å². The first-order valence-electron chi connectivity index (χ1n) is 5.39. The number of aromatic nitrogens is 3. The minimum absolute atomic E-state index is 0.124. The van der Waals surface area contributed by atoms with Gasteiger partial charge in [0, 0.05) is 18.8 Å². The Kier molecular flexibility index (Phi) is 3.18. The standard InChI is InChI=1S/C12H13N5O/c1-7-10(12(14)18)11(13)17-9(16-7)6-8-2-4-15-5-3-8/h2-5H,6H2,1H3,(H2,14,18)(H2,13,16,17). The topological polar surface area (TPSA) is 108 Å². The van der Waals surface area contributed by atoms with E-state index in [4.69, 9.17) is 11.5 Å². The summed E-state index contributed by atoms with van der Waals surface area (Å²) in [5.41, 5.74) is 12.6. The number of anilines is 1. The predicted octanol–water partition coefficient (Wildman–Crippen LogP) is 0.452. The summed E-state index contributed by atoms with van der Waals surface area (Å²) in [6.45, 7) is 1.69. The van der Waals surface area contributed by atoms with Gasteiger partial charge in [-0.25, -0.2) is 9.97 Å². The summed E-state index contributed by atoms with van der Waals surface area (Å²) >= 11 is 0. The minimum Gasteiger partial charge on any atom is -0.383 e. The summed E-state index contributed by atoms with van der Waals surface area (Å²) in [6, 6.07) is 3.74. The number of carbonyl (C=O) groups excluding carboxylic acids is 1. The summed E-state index contributed by atoms with van der Waals surface area (Å²) in [6.07, 6.45) is 3.93. The number of hydrogen-bond donors (Lipinski definition) is 2. The molecule has 0 unspecified atom stereocenters. The van der Waals surface area contributed by atoms with Crippen molar-refractivity contribution >= 4 is 11.7 Å². The lowest BCUT2D eigenvalue weighted by atomic mass is 10.1. The zero-order valence-corrected chi connectivity index (χ0v) is 9.92. The van der Waals surface area contributed by atoms with Crippen molar-refractivity contribution in [3.05, 3.63) is 47.2 Å². The number of carbonyl (C=O) groups is 1. The summed E-state index contributed by atoms with van der Waals surface area (Å²) < 4.78 is 0. The van der Waals surface area contributed by atoms with Gasteiger partial charge in [-0.05, 0) is 24.6 Å². The van der Waals surface area contributed by atoms with Gasteiger partial charge >= 0.3 is 0 Å². The van der Waals surface area contributed by atoms with Gasteiger partial charge in [0.15, 0.2) is 0 Å². The Labute approximate surface area is 104 Å². The summed E-state index contributed by atoms with van der Waals surface area (Å²) in [4.78, 5) is 23.4. The highest BCUT2D eigenvalue weighted by molar-refractivity contribution is 5.98. The number of primary amides is 1. The Morgan fingerprint density at radius 3 is 2.50 bits per heavy atom. The maximum Gasteiger partial charge on any atom is 0.254 e. The molecule has 0 aliphatic carbocycles. The fourth-order valence-corrected chi connectivity index (χ4v) is 1.72. The van der Waals surface area contributed by atoms with Crippen LogP contribution in [-0.2, 0) is 6.42 Å². The Hall–Kier alpha value is -2.50. The third kappa shape index (κ3) is 2.42. The smallest absolute Gasteiger partial charge is 0.254 e. The van der Waals surface area contributed by atoms with Crippen LogP contribution in [0.5, 0.6) is 0 Å². The van der Waals surface area contributed by atoms with Crippen LogP contribution >= 0.6 is 0 Å². The van der Waals surface area contributed by atoms with Crippen molar-refractivity contribution in [1.29, 1.82) is 0 Å². The molecule has 18 heavy (non-hydrogen) atoms. The van der Waals surface area contributed by atoms with Crippen LogP contribution in [0.25, 0.3) is 0 Å². The molecule has 0 aliphatic rings. The molecule has 0 saturated carbocycles. The molecule has 6 heteroatoms. The van der Waals surface area contributed by atoms with E-state index in [2.05, 4.69) is 15.0 Å². The second-order valence-electron chi connectivity index (χ2n) is 3.88. The molecular formula is C12H13N5O. The van der Waals surface area contributed by atoms with Crippen LogP contribution in [0, 0.1) is 6.92 Å². The van der Waals surface area contributed by atoms with E-state index in [1.807, 2.05) is 12.1 Å². The lowest BCUT2D eigenvalue weighted by Gasteiger charge is -2.07. The number of rotatable bonds is 3. The summed E-state index contributed by atoms with van der Waals surface area (Å²) in [5.74, 6) is 0.0701. The van der Waals surface area contributed by atoms with E-state index in [-0.39, 0.29) is 11.4 Å². The molecule has 0 aliphatic heterocycles. The second kappa shape index (κ2) is 4.79. The van der Waals surface area contributed by atoms with Crippen LogP contribution in [0.4, 0.5) is 5.82 Å². The molecule has 2 aromatic rings. The van der Waals surface area contributed by atoms with Crippen LogP contribution in [-0.4, -0.2) is 20.9 Å². The fraction of sp³-hybridized carbons (Fsp3) is 0.167. The van der Waals surface area contributed by atoms with Crippen LogP contribution in [0.15, 0.2) is 24.5 Å². The van der Waals surface area contributed by atoms with Crippen molar-refractivity contribution in [1.82, 2.24) is 15.0 Å². The zero-order chi connectivity index (χ0) is 13.1. The molecule has 0 radical (unpaired) electrons. The normalized spacial score (nSPS) is 10.3. The molecule has 0 fully saturated rings. The van der Waals surface area contributed by atoms with Crippen molar-refractivity contribution in [2.45, 2.75) is 13.3 Å². The van der Waals surface area contributed by atoms with Gasteiger partial charge in [-0.3, -0.25) is 9.78 Å². The molecule has 1 amide bonds. The maximum atomic E-state index is 11.2. The third-order valence-electron chi connectivity index (χ3n) is 2.52. The highest BCUT2D eigenvalue weighted by atomic mass is 16.1. The largest absolute Gasteiger partial charge is 0.383 e. The molecule has 2 heterocycles. The van der Waals surface area contributed by atoms with Gasteiger partial charge in [-0.1, -0.05) is 0 Å². The summed E-state index contributed by atoms with van der Waals surface area (Å²) in [5, 5.41) is 0. The van der Waals surface area contributed by atoms with E-state index in [1.165, 1.54) is 0 Å². The molecule has 4 N–H and O–H groups in total. The van der Waals surface area contributed by atoms with Crippen molar-refractivity contribution < 1.29 is 4.79 Å². The first kappa shape index (κ1) is 12.0. The van der Waals surface area contributed by atoms with Crippen molar-refractivity contribution in [3.63, 3.8) is 0 Å². The highest BCUT2D eigenvalue weighted by Gasteiger charge is 2.14. The first-order chi connectivity index (χ1) is 8.58. The van der Waals surface area contributed by atoms with E-state index >= 15 is 0 Å². The zero-order valence-electron chi connectivity index (χ0n) is 9.92. The van der Waals surface area contributed by atoms with Crippen molar-refractivity contribution in [2.24, 2.45) is 5.73 Å². The lowest BCUT2D eigenvalue weighted by molar-refractivity contribution is 0.1000. The van der Waals surface area contributed by atoms with Crippen LogP contribution in [0.2, 0.25) is 0 Å². The van der Waals surface area contributed by atoms with E-state index in [1.54, 1.807) is 19.3 Å². The lowest BCUT2D eigenvalue weighted by Crippen LogP contribution is -2.18. The third-order valence-corrected chi connectivity index (χ3v) is 2.52. The van der Waals surface area contributed by atoms with Gasteiger partial charge in [0.05, 0.1) is 5.69 Å². The Bertz CT molecular complexity index is 559. The summed E-state index contributed by atoms with van der Waals surface area (Å²) in [7, 11) is 0. The monoisotopic (exact) mass is 243 g/mol. The van der Waals surface area contributed by atoms with Gasteiger partial charge in [0.2, 0.25) is 0 Å². The number of pyridine rings is 1. The Morgan fingerprint density at radius 1 is 1.28 bits per heavy atom. The SMILES string of the molecule is Cc1nc(Cc2ccncc2)nc(N)c1C(N)=O. The number of nitrogen functional groups attached to an aromatic ring is 1. The molecule has 0 bridgehead atoms. The van der Waals surface area contributed by atoms with Gasteiger partial charge in [-0.15, -0.1) is 0 Å². The Balaban J connectivity index is 2.34. The van der Waals surface area contributed by atoms with Crippen LogP contribution in [0.1, 0.15) is 27.4 Å². The number of hydrogen-bond acceptors (Lipinski definition) is 5. The maximum absolute atomic E-state index is 11.2. The van der Waals surface area contributed by atoms with Gasteiger partial charge in [0.1, 0.15) is 17.2 Å². The molecule has 0 saturated heterocycles. The molecule has 0 atom stereocenters. The predicted molar refractivity (Wildman–Crippen MR) is 66.7 cm³/mol. The average molecular weight is 243 g/mol. The average Bonchev–Trinajstić information content (AvgIpc) is 2.28. The molecule has 0 aromatic carbocycles. The molecule has 6 nitrogen and oxygen atoms in total. The number of nitrogens with two attached hydrogens (primary N) is 2. The number of amides is 1. The Morgan fingerprint density at radius 2 is 1.94 bits per heavy atom. The van der Waals surface area contributed by atoms with E-state index < -0.39 is 5.91 Å². The number of aryl methyl sites for hydroxylation is 1. The fourth-order valence-electron chi connectivity index (χ4n) is 1.72. The van der Waals surface area contributed by atoms with Gasteiger partial charge in [-0.2, -0.15) is 0 Å². The number of nitrogens with zero attached hydrogens (tertiary/aromatic N) is 3. The first-order valence-corrected chi connectivity index (χ1v) is 5.39. The molecule has 92 valence electrons. The second-order valence-corrected chi connectivity index (χ2v) is 3.88. The van der Waals surface area contributed by atoms with Crippen molar-refractivity contribution in [3.8, 4) is 0 Å². The van der Waals surface area contributed by atoms with E-state index in [0.29, 0.717) is 17.9 Å². The van der Waals surface area contributed by atoms with E-state index in [0.717, 1.165) is 5.56 Å². The van der Waals surface area contributed by atoms with E-state index in [9.17, 15) is 4.79 Å². The quantitative estimate of drug-likeness (QED) is 0.813. The minimum atomic E-state index is -0.611. The molecule has 2 aromatic heterocycles. The van der Waals surface area contributed by atoms with Crippen LogP contribution < -0.4 is 11.5 Å². The van der Waals surface area contributed by atoms with Crippen molar-refractivity contribution in [2.75, 3.05) is 5.73 Å².